The number of benzene rings is 2. The van der Waals surface area contributed by atoms with Crippen LogP contribution in [0.2, 0.25) is 0 Å². The number of rotatable bonds is 3. The van der Waals surface area contributed by atoms with Crippen LogP contribution in [-0.4, -0.2) is 13.5 Å². The average Bonchev–Trinajstić information content (AvgIpc) is 2.33. The van der Waals surface area contributed by atoms with E-state index < -0.39 is 10.1 Å². The van der Waals surface area contributed by atoms with Gasteiger partial charge in [-0.1, -0.05) is 17.7 Å². The molecule has 0 bridgehead atoms. The summed E-state index contributed by atoms with van der Waals surface area (Å²) in [5, 5.41) is 9.65. The van der Waals surface area contributed by atoms with Crippen molar-refractivity contribution in [2.75, 3.05) is 0 Å². The molecule has 0 spiro atoms. The fourth-order valence-corrected chi connectivity index (χ4v) is 2.85. The van der Waals surface area contributed by atoms with E-state index in [1.54, 1.807) is 18.2 Å². The van der Waals surface area contributed by atoms with E-state index in [0.717, 1.165) is 9.13 Å². The van der Waals surface area contributed by atoms with Gasteiger partial charge in [-0.05, 0) is 59.8 Å². The zero-order valence-electron chi connectivity index (χ0n) is 10.00. The van der Waals surface area contributed by atoms with Crippen LogP contribution in [0.1, 0.15) is 5.56 Å². The van der Waals surface area contributed by atoms with Gasteiger partial charge in [-0.3, -0.25) is 0 Å². The minimum atomic E-state index is -3.93. The highest BCUT2D eigenvalue weighted by Gasteiger charge is 2.18. The van der Waals surface area contributed by atoms with Crippen molar-refractivity contribution < 1.29 is 17.7 Å². The topological polar surface area (TPSA) is 63.6 Å². The first-order chi connectivity index (χ1) is 8.88. The SMILES string of the molecule is Cc1ccc(S(=O)(=O)Oc2ccc(I)cc2O)cc1. The molecule has 6 heteroatoms. The van der Waals surface area contributed by atoms with Crippen LogP contribution in [0.25, 0.3) is 0 Å². The summed E-state index contributed by atoms with van der Waals surface area (Å²) in [5.41, 5.74) is 0.955. The van der Waals surface area contributed by atoms with Crippen molar-refractivity contribution in [3.63, 3.8) is 0 Å². The van der Waals surface area contributed by atoms with E-state index in [-0.39, 0.29) is 16.4 Å². The van der Waals surface area contributed by atoms with E-state index in [1.807, 2.05) is 29.5 Å². The Labute approximate surface area is 125 Å². The summed E-state index contributed by atoms with van der Waals surface area (Å²) in [6.07, 6.45) is 0. The molecule has 0 aromatic heterocycles. The molecule has 2 rings (SSSR count). The third kappa shape index (κ3) is 3.38. The molecule has 0 saturated carbocycles. The summed E-state index contributed by atoms with van der Waals surface area (Å²) < 4.78 is 29.7. The van der Waals surface area contributed by atoms with Gasteiger partial charge < -0.3 is 9.29 Å². The van der Waals surface area contributed by atoms with Crippen molar-refractivity contribution in [2.24, 2.45) is 0 Å². The number of aryl methyl sites for hydroxylation is 1. The summed E-state index contributed by atoms with van der Waals surface area (Å²) in [5.74, 6) is -0.288. The molecular weight excluding hydrogens is 379 g/mol. The molecule has 0 radical (unpaired) electrons. The van der Waals surface area contributed by atoms with Crippen molar-refractivity contribution in [2.45, 2.75) is 11.8 Å². The molecule has 2 aromatic carbocycles. The summed E-state index contributed by atoms with van der Waals surface area (Å²) >= 11 is 2.01. The van der Waals surface area contributed by atoms with Crippen LogP contribution in [-0.2, 0) is 10.1 Å². The van der Waals surface area contributed by atoms with E-state index in [4.69, 9.17) is 4.18 Å². The lowest BCUT2D eigenvalue weighted by atomic mass is 10.2. The quantitative estimate of drug-likeness (QED) is 0.647. The minimum Gasteiger partial charge on any atom is -0.504 e. The molecule has 100 valence electrons. The average molecular weight is 390 g/mol. The van der Waals surface area contributed by atoms with Gasteiger partial charge in [0.15, 0.2) is 11.5 Å². The molecule has 0 amide bonds. The molecule has 0 aliphatic carbocycles. The normalized spacial score (nSPS) is 11.3. The molecule has 2 aromatic rings. The third-order valence-electron chi connectivity index (χ3n) is 2.43. The van der Waals surface area contributed by atoms with Gasteiger partial charge in [0, 0.05) is 3.57 Å². The molecule has 1 N–H and O–H groups in total. The van der Waals surface area contributed by atoms with Gasteiger partial charge in [0.05, 0.1) is 0 Å². The molecule has 0 saturated heterocycles. The zero-order valence-corrected chi connectivity index (χ0v) is 13.0. The van der Waals surface area contributed by atoms with Crippen molar-refractivity contribution >= 4 is 32.7 Å². The molecule has 0 aliphatic heterocycles. The number of hydrogen-bond donors (Lipinski definition) is 1. The Kier molecular flexibility index (Phi) is 4.00. The van der Waals surface area contributed by atoms with Crippen molar-refractivity contribution in [1.29, 1.82) is 0 Å². The summed E-state index contributed by atoms with van der Waals surface area (Å²) in [6, 6.07) is 10.8. The van der Waals surface area contributed by atoms with Crippen LogP contribution in [0.15, 0.2) is 47.4 Å². The van der Waals surface area contributed by atoms with Gasteiger partial charge in [-0.2, -0.15) is 8.42 Å². The fourth-order valence-electron chi connectivity index (χ4n) is 1.43. The van der Waals surface area contributed by atoms with Crippen LogP contribution in [0.3, 0.4) is 0 Å². The standard InChI is InChI=1S/C13H11IO4S/c1-9-2-5-11(6-3-9)19(16,17)18-13-7-4-10(14)8-12(13)15/h2-8,15H,1H3. The largest absolute Gasteiger partial charge is 0.504 e. The highest BCUT2D eigenvalue weighted by atomic mass is 127. The van der Waals surface area contributed by atoms with Gasteiger partial charge in [0.1, 0.15) is 4.90 Å². The molecule has 4 nitrogen and oxygen atoms in total. The van der Waals surface area contributed by atoms with Crippen LogP contribution < -0.4 is 4.18 Å². The number of aromatic hydroxyl groups is 1. The number of hydrogen-bond acceptors (Lipinski definition) is 4. The Morgan fingerprint density at radius 1 is 1.11 bits per heavy atom. The van der Waals surface area contributed by atoms with Gasteiger partial charge in [0.25, 0.3) is 0 Å². The highest BCUT2D eigenvalue weighted by Crippen LogP contribution is 2.30. The zero-order chi connectivity index (χ0) is 14.0. The maximum absolute atomic E-state index is 12.0. The first kappa shape index (κ1) is 14.1. The molecule has 0 atom stereocenters. The molecule has 19 heavy (non-hydrogen) atoms. The third-order valence-corrected chi connectivity index (χ3v) is 4.35. The summed E-state index contributed by atoms with van der Waals surface area (Å²) in [4.78, 5) is 0.0519. The van der Waals surface area contributed by atoms with E-state index in [1.165, 1.54) is 24.3 Å². The Balaban J connectivity index is 2.33. The maximum Gasteiger partial charge on any atom is 0.339 e. The lowest BCUT2D eigenvalue weighted by Crippen LogP contribution is -2.09. The smallest absolute Gasteiger partial charge is 0.339 e. The summed E-state index contributed by atoms with van der Waals surface area (Å²) in [6.45, 7) is 1.86. The van der Waals surface area contributed by atoms with E-state index in [9.17, 15) is 13.5 Å². The Hall–Kier alpha value is -1.28. The Morgan fingerprint density at radius 3 is 2.32 bits per heavy atom. The van der Waals surface area contributed by atoms with Crippen LogP contribution in [0.5, 0.6) is 11.5 Å². The molecule has 0 aliphatic rings. The lowest BCUT2D eigenvalue weighted by molar-refractivity contribution is 0.428. The van der Waals surface area contributed by atoms with Crippen LogP contribution >= 0.6 is 22.6 Å². The molecule has 0 heterocycles. The highest BCUT2D eigenvalue weighted by molar-refractivity contribution is 14.1. The number of halogens is 1. The lowest BCUT2D eigenvalue weighted by Gasteiger charge is -2.08. The van der Waals surface area contributed by atoms with Crippen LogP contribution in [0, 0.1) is 10.5 Å². The molecular formula is C13H11IO4S. The second kappa shape index (κ2) is 5.38. The van der Waals surface area contributed by atoms with E-state index >= 15 is 0 Å². The Morgan fingerprint density at radius 2 is 1.74 bits per heavy atom. The molecule has 0 fully saturated rings. The fraction of sp³-hybridized carbons (Fsp3) is 0.0769. The monoisotopic (exact) mass is 390 g/mol. The number of phenols is 1. The minimum absolute atomic E-state index is 0.0519. The van der Waals surface area contributed by atoms with Gasteiger partial charge >= 0.3 is 10.1 Å². The predicted octanol–water partition coefficient (Wildman–Crippen LogP) is 3.07. The first-order valence-electron chi connectivity index (χ1n) is 5.38. The second-order valence-corrected chi connectivity index (χ2v) is 6.75. The summed E-state index contributed by atoms with van der Waals surface area (Å²) in [7, 11) is -3.93. The maximum atomic E-state index is 12.0. The first-order valence-corrected chi connectivity index (χ1v) is 7.87. The predicted molar refractivity (Wildman–Crippen MR) is 79.8 cm³/mol. The van der Waals surface area contributed by atoms with Gasteiger partial charge in [0.2, 0.25) is 0 Å². The van der Waals surface area contributed by atoms with E-state index in [2.05, 4.69) is 0 Å². The Bertz CT molecular complexity index is 693. The van der Waals surface area contributed by atoms with Gasteiger partial charge in [-0.25, -0.2) is 0 Å². The van der Waals surface area contributed by atoms with E-state index in [0.29, 0.717) is 0 Å². The molecule has 0 unspecified atom stereocenters. The van der Waals surface area contributed by atoms with Gasteiger partial charge in [-0.15, -0.1) is 0 Å². The van der Waals surface area contributed by atoms with Crippen molar-refractivity contribution in [3.8, 4) is 11.5 Å². The van der Waals surface area contributed by atoms with Crippen LogP contribution in [0.4, 0.5) is 0 Å². The number of phenolic OH excluding ortho intramolecular Hbond substituents is 1. The van der Waals surface area contributed by atoms with Crippen molar-refractivity contribution in [3.05, 3.63) is 51.6 Å². The second-order valence-electron chi connectivity index (χ2n) is 3.96. The van der Waals surface area contributed by atoms with Crippen molar-refractivity contribution in [1.82, 2.24) is 0 Å².